The minimum Gasteiger partial charge on any atom is -0.305 e. The van der Waals surface area contributed by atoms with Gasteiger partial charge in [0, 0.05) is 28.3 Å². The van der Waals surface area contributed by atoms with Crippen molar-refractivity contribution < 1.29 is 4.79 Å². The molecule has 2 heterocycles. The number of benzene rings is 1. The number of aryl methyl sites for hydroxylation is 2. The van der Waals surface area contributed by atoms with E-state index in [1.807, 2.05) is 44.2 Å². The van der Waals surface area contributed by atoms with Gasteiger partial charge >= 0.3 is 0 Å². The van der Waals surface area contributed by atoms with Gasteiger partial charge in [0.05, 0.1) is 11.1 Å². The van der Waals surface area contributed by atoms with Crippen LogP contribution in [0.4, 0.5) is 5.82 Å². The van der Waals surface area contributed by atoms with E-state index in [1.165, 1.54) is 0 Å². The Hall–Kier alpha value is -2.69. The first kappa shape index (κ1) is 16.2. The molecule has 24 heavy (non-hydrogen) atoms. The van der Waals surface area contributed by atoms with Crippen molar-refractivity contribution in [2.45, 2.75) is 40.0 Å². The van der Waals surface area contributed by atoms with Gasteiger partial charge in [-0.2, -0.15) is 5.10 Å². The molecule has 2 N–H and O–H groups in total. The van der Waals surface area contributed by atoms with Crippen LogP contribution in [0.5, 0.6) is 0 Å². The third-order valence-electron chi connectivity index (χ3n) is 3.96. The average molecular weight is 322 g/mol. The number of hydrogen-bond donors (Lipinski definition) is 2. The Morgan fingerprint density at radius 1 is 1.12 bits per heavy atom. The Morgan fingerprint density at radius 2 is 1.88 bits per heavy atom. The van der Waals surface area contributed by atoms with E-state index in [9.17, 15) is 4.79 Å². The number of carbonyl (C=O) groups excluding carboxylic acids is 1. The second-order valence-electron chi connectivity index (χ2n) is 7.20. The molecular formula is C19H22N4O. The molecule has 0 radical (unpaired) electrons. The number of amides is 1. The second-order valence-corrected chi connectivity index (χ2v) is 7.20. The largest absolute Gasteiger partial charge is 0.305 e. The normalized spacial score (nSPS) is 11.7. The molecule has 0 fully saturated rings. The summed E-state index contributed by atoms with van der Waals surface area (Å²) in [5.41, 5.74) is 4.27. The van der Waals surface area contributed by atoms with E-state index in [1.54, 1.807) is 0 Å². The molecular weight excluding hydrogens is 300 g/mol. The molecule has 2 aromatic heterocycles. The zero-order valence-electron chi connectivity index (χ0n) is 14.7. The molecule has 0 aliphatic carbocycles. The number of hydrogen-bond acceptors (Lipinski definition) is 3. The van der Waals surface area contributed by atoms with E-state index in [-0.39, 0.29) is 11.3 Å². The minimum atomic E-state index is -0.178. The summed E-state index contributed by atoms with van der Waals surface area (Å²) in [5.74, 6) is 0.350. The van der Waals surface area contributed by atoms with Crippen LogP contribution in [0.3, 0.4) is 0 Å². The molecule has 3 rings (SSSR count). The standard InChI is InChI=1S/C19H22N4O/c1-11-6-7-15-13(8-11)14(9-12(2)20-15)18(24)21-17-10-16(22-23-17)19(3,4)5/h6-10H,1-5H3,(H2,21,22,23,24). The number of aromatic amines is 1. The van der Waals surface area contributed by atoms with Gasteiger partial charge < -0.3 is 5.32 Å². The first-order valence-corrected chi connectivity index (χ1v) is 7.99. The number of fused-ring (bicyclic) bond motifs is 1. The van der Waals surface area contributed by atoms with E-state index in [0.717, 1.165) is 27.9 Å². The fraction of sp³-hybridized carbons (Fsp3) is 0.316. The molecule has 0 aliphatic heterocycles. The second kappa shape index (κ2) is 5.74. The predicted molar refractivity (Wildman–Crippen MR) is 96.5 cm³/mol. The molecule has 0 spiro atoms. The summed E-state index contributed by atoms with van der Waals surface area (Å²) in [5, 5.41) is 10.9. The lowest BCUT2D eigenvalue weighted by Crippen LogP contribution is -2.13. The monoisotopic (exact) mass is 322 g/mol. The topological polar surface area (TPSA) is 70.7 Å². The molecule has 5 nitrogen and oxygen atoms in total. The first-order chi connectivity index (χ1) is 11.2. The maximum Gasteiger partial charge on any atom is 0.257 e. The van der Waals surface area contributed by atoms with Crippen LogP contribution in [0, 0.1) is 13.8 Å². The highest BCUT2D eigenvalue weighted by molar-refractivity contribution is 6.12. The van der Waals surface area contributed by atoms with Gasteiger partial charge in [0.2, 0.25) is 0 Å². The lowest BCUT2D eigenvalue weighted by Gasteiger charge is -2.14. The third-order valence-corrected chi connectivity index (χ3v) is 3.96. The number of anilines is 1. The van der Waals surface area contributed by atoms with Crippen molar-refractivity contribution in [2.75, 3.05) is 5.32 Å². The summed E-state index contributed by atoms with van der Waals surface area (Å²) >= 11 is 0. The predicted octanol–water partition coefficient (Wildman–Crippen LogP) is 4.12. The van der Waals surface area contributed by atoms with Crippen molar-refractivity contribution in [3.63, 3.8) is 0 Å². The van der Waals surface area contributed by atoms with Crippen molar-refractivity contribution >= 4 is 22.6 Å². The van der Waals surface area contributed by atoms with Gasteiger partial charge in [-0.3, -0.25) is 14.9 Å². The number of aromatic nitrogens is 3. The SMILES string of the molecule is Cc1ccc2nc(C)cc(C(=O)Nc3cc(C(C)(C)C)[nH]n3)c2c1. The molecule has 3 aromatic rings. The molecule has 0 aliphatic rings. The Kier molecular flexibility index (Phi) is 3.87. The van der Waals surface area contributed by atoms with Crippen LogP contribution in [0.25, 0.3) is 10.9 Å². The number of nitrogens with zero attached hydrogens (tertiary/aromatic N) is 2. The van der Waals surface area contributed by atoms with Gasteiger partial charge in [-0.15, -0.1) is 0 Å². The zero-order valence-corrected chi connectivity index (χ0v) is 14.7. The van der Waals surface area contributed by atoms with E-state index in [2.05, 4.69) is 41.3 Å². The van der Waals surface area contributed by atoms with Crippen LogP contribution in [0.2, 0.25) is 0 Å². The molecule has 0 bridgehead atoms. The smallest absolute Gasteiger partial charge is 0.257 e. The summed E-state index contributed by atoms with van der Waals surface area (Å²) in [6.45, 7) is 10.2. The van der Waals surface area contributed by atoms with Crippen LogP contribution in [0.15, 0.2) is 30.3 Å². The minimum absolute atomic E-state index is 0.0486. The Balaban J connectivity index is 1.97. The number of carbonyl (C=O) groups is 1. The van der Waals surface area contributed by atoms with Crippen molar-refractivity contribution in [3.8, 4) is 0 Å². The maximum atomic E-state index is 12.8. The highest BCUT2D eigenvalue weighted by Gasteiger charge is 2.18. The number of rotatable bonds is 2. The summed E-state index contributed by atoms with van der Waals surface area (Å²) in [6, 6.07) is 9.62. The average Bonchev–Trinajstić information content (AvgIpc) is 2.95. The molecule has 0 unspecified atom stereocenters. The Labute approximate surface area is 141 Å². The van der Waals surface area contributed by atoms with Gasteiger partial charge in [-0.1, -0.05) is 32.4 Å². The van der Waals surface area contributed by atoms with Crippen molar-refractivity contribution in [2.24, 2.45) is 0 Å². The lowest BCUT2D eigenvalue weighted by atomic mass is 9.92. The van der Waals surface area contributed by atoms with Crippen molar-refractivity contribution in [3.05, 3.63) is 52.8 Å². The summed E-state index contributed by atoms with van der Waals surface area (Å²) in [6.07, 6.45) is 0. The summed E-state index contributed by atoms with van der Waals surface area (Å²) < 4.78 is 0. The van der Waals surface area contributed by atoms with Crippen molar-refractivity contribution in [1.29, 1.82) is 0 Å². The maximum absolute atomic E-state index is 12.8. The quantitative estimate of drug-likeness (QED) is 0.745. The number of pyridine rings is 1. The first-order valence-electron chi connectivity index (χ1n) is 7.99. The molecule has 1 amide bonds. The van der Waals surface area contributed by atoms with Crippen LogP contribution in [0.1, 0.15) is 48.1 Å². The van der Waals surface area contributed by atoms with Crippen LogP contribution < -0.4 is 5.32 Å². The number of nitrogens with one attached hydrogen (secondary N) is 2. The van der Waals surface area contributed by atoms with Gasteiger partial charge in [0.1, 0.15) is 0 Å². The van der Waals surface area contributed by atoms with Gasteiger partial charge in [0.25, 0.3) is 5.91 Å². The van der Waals surface area contributed by atoms with Gasteiger partial charge in [0.15, 0.2) is 5.82 Å². The van der Waals surface area contributed by atoms with Gasteiger partial charge in [-0.05, 0) is 32.0 Å². The van der Waals surface area contributed by atoms with E-state index in [0.29, 0.717) is 11.4 Å². The van der Waals surface area contributed by atoms with Crippen LogP contribution in [-0.2, 0) is 5.41 Å². The highest BCUT2D eigenvalue weighted by atomic mass is 16.1. The fourth-order valence-corrected chi connectivity index (χ4v) is 2.61. The Bertz CT molecular complexity index is 919. The van der Waals surface area contributed by atoms with Crippen LogP contribution in [-0.4, -0.2) is 21.1 Å². The van der Waals surface area contributed by atoms with E-state index >= 15 is 0 Å². The fourth-order valence-electron chi connectivity index (χ4n) is 2.61. The highest BCUT2D eigenvalue weighted by Crippen LogP contribution is 2.24. The summed E-state index contributed by atoms with van der Waals surface area (Å²) in [4.78, 5) is 17.3. The third kappa shape index (κ3) is 3.15. The molecule has 0 saturated heterocycles. The Morgan fingerprint density at radius 3 is 2.54 bits per heavy atom. The van der Waals surface area contributed by atoms with E-state index in [4.69, 9.17) is 0 Å². The van der Waals surface area contributed by atoms with Gasteiger partial charge in [-0.25, -0.2) is 0 Å². The molecule has 0 atom stereocenters. The van der Waals surface area contributed by atoms with Crippen LogP contribution >= 0.6 is 0 Å². The number of H-pyrrole nitrogens is 1. The molecule has 1 aromatic carbocycles. The van der Waals surface area contributed by atoms with Crippen molar-refractivity contribution in [1.82, 2.24) is 15.2 Å². The van der Waals surface area contributed by atoms with E-state index < -0.39 is 0 Å². The molecule has 0 saturated carbocycles. The molecule has 124 valence electrons. The lowest BCUT2D eigenvalue weighted by molar-refractivity contribution is 0.102. The summed E-state index contributed by atoms with van der Waals surface area (Å²) in [7, 11) is 0. The molecule has 5 heteroatoms. The zero-order chi connectivity index (χ0) is 17.5.